The summed E-state index contributed by atoms with van der Waals surface area (Å²) in [7, 11) is 0. The Kier molecular flexibility index (Phi) is 6.87. The molecule has 5 heteroatoms. The number of fused-ring (bicyclic) bond motifs is 1. The lowest BCUT2D eigenvalue weighted by molar-refractivity contribution is -0.140. The Labute approximate surface area is 224 Å². The molecule has 38 heavy (non-hydrogen) atoms. The molecule has 5 rings (SSSR count). The maximum atomic E-state index is 13.5. The van der Waals surface area contributed by atoms with E-state index in [1.54, 1.807) is 4.90 Å². The van der Waals surface area contributed by atoms with E-state index in [0.717, 1.165) is 41.7 Å². The van der Waals surface area contributed by atoms with Crippen LogP contribution in [0.25, 0.3) is 5.76 Å². The summed E-state index contributed by atoms with van der Waals surface area (Å²) in [5.74, 6) is -0.629. The number of hydrogen-bond donors (Lipinski definition) is 1. The van der Waals surface area contributed by atoms with Gasteiger partial charge in [-0.15, -0.1) is 0 Å². The second-order valence-corrected chi connectivity index (χ2v) is 11.4. The van der Waals surface area contributed by atoms with Gasteiger partial charge in [-0.2, -0.15) is 0 Å². The lowest BCUT2D eigenvalue weighted by Crippen LogP contribution is -2.29. The summed E-state index contributed by atoms with van der Waals surface area (Å²) in [6.07, 6.45) is 4.27. The topological polar surface area (TPSA) is 66.8 Å². The van der Waals surface area contributed by atoms with Crippen LogP contribution in [0.3, 0.4) is 0 Å². The number of rotatable bonds is 5. The molecule has 0 bridgehead atoms. The van der Waals surface area contributed by atoms with Gasteiger partial charge >= 0.3 is 0 Å². The van der Waals surface area contributed by atoms with Crippen LogP contribution in [-0.2, 0) is 29.0 Å². The average Bonchev–Trinajstić information content (AvgIpc) is 3.13. The fourth-order valence-electron chi connectivity index (χ4n) is 5.48. The number of benzene rings is 3. The number of ketones is 1. The van der Waals surface area contributed by atoms with Gasteiger partial charge in [-0.3, -0.25) is 9.59 Å². The first-order valence-electron chi connectivity index (χ1n) is 13.4. The molecule has 1 fully saturated rings. The summed E-state index contributed by atoms with van der Waals surface area (Å²) in [5.41, 5.74) is 5.61. The highest BCUT2D eigenvalue weighted by molar-refractivity contribution is 6.46. The molecule has 2 aliphatic rings. The summed E-state index contributed by atoms with van der Waals surface area (Å²) >= 11 is 0. The number of ether oxygens (including phenoxy) is 1. The molecule has 1 saturated heterocycles. The minimum atomic E-state index is -0.684. The standard InChI is InChI=1S/C33H35NO4/c1-21-8-7-11-25(18-21)29-28(30(35)26-15-14-23-9-5-6-10-24(23)19-26)31(36)32(37)34(29)20-22-12-16-27(17-13-22)38-33(2,3)4/h7-8,11-19,29,35H,5-6,9-10,20H2,1-4H3/b30-28-. The minimum absolute atomic E-state index is 0.111. The van der Waals surface area contributed by atoms with E-state index in [1.165, 1.54) is 17.5 Å². The van der Waals surface area contributed by atoms with Crippen molar-refractivity contribution in [3.05, 3.63) is 106 Å². The number of aliphatic hydroxyl groups is 1. The van der Waals surface area contributed by atoms with E-state index < -0.39 is 17.7 Å². The van der Waals surface area contributed by atoms with Crippen LogP contribution in [0.5, 0.6) is 5.75 Å². The normalized spacial score (nSPS) is 18.9. The van der Waals surface area contributed by atoms with Crippen molar-refractivity contribution in [3.8, 4) is 5.75 Å². The highest BCUT2D eigenvalue weighted by atomic mass is 16.5. The van der Waals surface area contributed by atoms with Crippen LogP contribution < -0.4 is 4.74 Å². The fourth-order valence-corrected chi connectivity index (χ4v) is 5.48. The monoisotopic (exact) mass is 509 g/mol. The van der Waals surface area contributed by atoms with Gasteiger partial charge in [0.05, 0.1) is 11.6 Å². The zero-order valence-electron chi connectivity index (χ0n) is 22.6. The number of amides is 1. The minimum Gasteiger partial charge on any atom is -0.507 e. The number of aliphatic hydroxyl groups excluding tert-OH is 1. The van der Waals surface area contributed by atoms with Gasteiger partial charge in [0.1, 0.15) is 17.1 Å². The quantitative estimate of drug-likeness (QED) is 0.237. The summed E-state index contributed by atoms with van der Waals surface area (Å²) in [4.78, 5) is 28.4. The van der Waals surface area contributed by atoms with Crippen LogP contribution in [0.4, 0.5) is 0 Å². The van der Waals surface area contributed by atoms with Crippen LogP contribution in [0.1, 0.15) is 73.0 Å². The Balaban J connectivity index is 1.55. The predicted octanol–water partition coefficient (Wildman–Crippen LogP) is 6.67. The molecule has 1 heterocycles. The number of Topliss-reactive ketones (excluding diaryl/α,β-unsaturated/α-hetero) is 1. The van der Waals surface area contributed by atoms with Crippen molar-refractivity contribution in [1.82, 2.24) is 4.90 Å². The summed E-state index contributed by atoms with van der Waals surface area (Å²) in [6, 6.07) is 20.6. The van der Waals surface area contributed by atoms with Crippen molar-refractivity contribution in [2.75, 3.05) is 0 Å². The third kappa shape index (κ3) is 5.24. The van der Waals surface area contributed by atoms with Crippen LogP contribution >= 0.6 is 0 Å². The number of carbonyl (C=O) groups excluding carboxylic acids is 2. The largest absolute Gasteiger partial charge is 0.507 e. The van der Waals surface area contributed by atoms with E-state index in [2.05, 4.69) is 0 Å². The van der Waals surface area contributed by atoms with Crippen LogP contribution in [-0.4, -0.2) is 27.3 Å². The van der Waals surface area contributed by atoms with Crippen LogP contribution in [0.15, 0.2) is 72.3 Å². The van der Waals surface area contributed by atoms with Gasteiger partial charge in [-0.1, -0.05) is 54.1 Å². The van der Waals surface area contributed by atoms with Gasteiger partial charge in [-0.25, -0.2) is 0 Å². The SMILES string of the molecule is Cc1cccc(C2/C(=C(/O)c3ccc4c(c3)CCCC4)C(=O)C(=O)N2Cc2ccc(OC(C)(C)C)cc2)c1. The molecule has 0 saturated carbocycles. The van der Waals surface area contributed by atoms with E-state index in [1.807, 2.05) is 94.4 Å². The first kappa shape index (κ1) is 25.8. The van der Waals surface area contributed by atoms with Crippen molar-refractivity contribution < 1.29 is 19.4 Å². The lowest BCUT2D eigenvalue weighted by Gasteiger charge is -2.26. The molecule has 5 nitrogen and oxygen atoms in total. The molecule has 0 aromatic heterocycles. The van der Waals surface area contributed by atoms with Crippen molar-refractivity contribution in [2.45, 2.75) is 71.6 Å². The highest BCUT2D eigenvalue weighted by Gasteiger charge is 2.46. The van der Waals surface area contributed by atoms with Crippen molar-refractivity contribution in [3.63, 3.8) is 0 Å². The third-order valence-corrected chi connectivity index (χ3v) is 7.22. The lowest BCUT2D eigenvalue weighted by atomic mass is 9.88. The Morgan fingerprint density at radius 1 is 0.947 bits per heavy atom. The molecule has 1 aliphatic heterocycles. The zero-order valence-corrected chi connectivity index (χ0v) is 22.6. The van der Waals surface area contributed by atoms with E-state index >= 15 is 0 Å². The van der Waals surface area contributed by atoms with E-state index in [-0.39, 0.29) is 23.5 Å². The maximum absolute atomic E-state index is 13.5. The van der Waals surface area contributed by atoms with Crippen LogP contribution in [0, 0.1) is 6.92 Å². The number of aryl methyl sites for hydroxylation is 3. The van der Waals surface area contributed by atoms with Gasteiger partial charge in [0, 0.05) is 12.1 Å². The Morgan fingerprint density at radius 2 is 1.66 bits per heavy atom. The molecule has 1 N–H and O–H groups in total. The number of likely N-dealkylation sites (tertiary alicyclic amines) is 1. The Morgan fingerprint density at radius 3 is 2.34 bits per heavy atom. The van der Waals surface area contributed by atoms with E-state index in [0.29, 0.717) is 5.56 Å². The number of hydrogen-bond acceptors (Lipinski definition) is 4. The molecule has 1 amide bonds. The summed E-state index contributed by atoms with van der Waals surface area (Å²) in [5, 5.41) is 11.5. The van der Waals surface area contributed by atoms with Gasteiger partial charge < -0.3 is 14.7 Å². The van der Waals surface area contributed by atoms with Gasteiger partial charge in [0.15, 0.2) is 0 Å². The van der Waals surface area contributed by atoms with Gasteiger partial charge in [-0.05, 0) is 93.8 Å². The second kappa shape index (κ2) is 10.1. The van der Waals surface area contributed by atoms with Gasteiger partial charge in [0.2, 0.25) is 0 Å². The molecule has 0 radical (unpaired) electrons. The predicted molar refractivity (Wildman–Crippen MR) is 149 cm³/mol. The van der Waals surface area contributed by atoms with Crippen molar-refractivity contribution in [1.29, 1.82) is 0 Å². The molecule has 196 valence electrons. The molecule has 1 atom stereocenters. The molecular formula is C33H35NO4. The average molecular weight is 510 g/mol. The molecule has 3 aromatic carbocycles. The number of nitrogens with zero attached hydrogens (tertiary/aromatic N) is 1. The molecule has 1 unspecified atom stereocenters. The van der Waals surface area contributed by atoms with E-state index in [9.17, 15) is 14.7 Å². The van der Waals surface area contributed by atoms with Crippen LogP contribution in [0.2, 0.25) is 0 Å². The second-order valence-electron chi connectivity index (χ2n) is 11.4. The summed E-state index contributed by atoms with van der Waals surface area (Å²) < 4.78 is 5.93. The highest BCUT2D eigenvalue weighted by Crippen LogP contribution is 2.41. The molecule has 3 aromatic rings. The molecular weight excluding hydrogens is 474 g/mol. The Bertz CT molecular complexity index is 1410. The van der Waals surface area contributed by atoms with Crippen molar-refractivity contribution >= 4 is 17.4 Å². The Hall–Kier alpha value is -3.86. The van der Waals surface area contributed by atoms with Crippen molar-refractivity contribution in [2.24, 2.45) is 0 Å². The smallest absolute Gasteiger partial charge is 0.295 e. The molecule has 1 aliphatic carbocycles. The number of carbonyl (C=O) groups is 2. The maximum Gasteiger partial charge on any atom is 0.295 e. The fraction of sp³-hybridized carbons (Fsp3) is 0.333. The zero-order chi connectivity index (χ0) is 27.0. The molecule has 0 spiro atoms. The summed E-state index contributed by atoms with van der Waals surface area (Å²) in [6.45, 7) is 8.19. The first-order chi connectivity index (χ1) is 18.1. The third-order valence-electron chi connectivity index (χ3n) is 7.22. The first-order valence-corrected chi connectivity index (χ1v) is 13.4. The van der Waals surface area contributed by atoms with E-state index in [4.69, 9.17) is 4.74 Å². The van der Waals surface area contributed by atoms with Gasteiger partial charge in [0.25, 0.3) is 11.7 Å².